The number of rotatable bonds is 7. The first kappa shape index (κ1) is 18.0. The van der Waals surface area contributed by atoms with Crippen LogP contribution in [0, 0.1) is 0 Å². The van der Waals surface area contributed by atoms with Gasteiger partial charge in [-0.05, 0) is 29.8 Å². The number of methoxy groups -OCH3 is 1. The molecule has 2 aromatic rings. The third-order valence-electron chi connectivity index (χ3n) is 3.14. The van der Waals surface area contributed by atoms with Crippen LogP contribution in [0.1, 0.15) is 15.9 Å². The summed E-state index contributed by atoms with van der Waals surface area (Å²) in [7, 11) is 1.55. The standard InChI is InChI=1S/C17H17Cl2NO2S/c1-22-16-5-3-2-4-13(16)17(21)20-8-9-23-11-12-6-7-14(18)15(19)10-12/h2-7,10H,8-9,11H2,1H3,(H,20,21). The van der Waals surface area contributed by atoms with Gasteiger partial charge in [-0.25, -0.2) is 0 Å². The average molecular weight is 370 g/mol. The lowest BCUT2D eigenvalue weighted by molar-refractivity contribution is 0.0953. The van der Waals surface area contributed by atoms with Crippen LogP contribution >= 0.6 is 35.0 Å². The number of halogens is 2. The molecule has 0 aliphatic heterocycles. The third-order valence-corrected chi connectivity index (χ3v) is 4.91. The number of hydrogen-bond acceptors (Lipinski definition) is 3. The first-order chi connectivity index (χ1) is 11.1. The minimum Gasteiger partial charge on any atom is -0.496 e. The first-order valence-electron chi connectivity index (χ1n) is 7.04. The Morgan fingerprint density at radius 3 is 2.70 bits per heavy atom. The molecule has 122 valence electrons. The van der Waals surface area contributed by atoms with Crippen molar-refractivity contribution in [2.24, 2.45) is 0 Å². The van der Waals surface area contributed by atoms with Gasteiger partial charge in [-0.3, -0.25) is 4.79 Å². The Labute approximate surface area is 150 Å². The summed E-state index contributed by atoms with van der Waals surface area (Å²) in [5.41, 5.74) is 1.66. The van der Waals surface area contributed by atoms with E-state index in [1.54, 1.807) is 37.1 Å². The van der Waals surface area contributed by atoms with Gasteiger partial charge in [0.05, 0.1) is 22.7 Å². The highest BCUT2D eigenvalue weighted by atomic mass is 35.5. The quantitative estimate of drug-likeness (QED) is 0.720. The predicted octanol–water partition coefficient (Wildman–Crippen LogP) is 4.67. The molecule has 0 saturated carbocycles. The number of nitrogens with one attached hydrogen (secondary N) is 1. The molecule has 2 rings (SSSR count). The van der Waals surface area contributed by atoms with E-state index < -0.39 is 0 Å². The monoisotopic (exact) mass is 369 g/mol. The van der Waals surface area contributed by atoms with Gasteiger partial charge >= 0.3 is 0 Å². The molecule has 0 spiro atoms. The second kappa shape index (κ2) is 9.06. The minimum absolute atomic E-state index is 0.127. The van der Waals surface area contributed by atoms with Gasteiger partial charge in [-0.2, -0.15) is 11.8 Å². The van der Waals surface area contributed by atoms with E-state index in [1.807, 2.05) is 24.3 Å². The zero-order valence-corrected chi connectivity index (χ0v) is 15.0. The van der Waals surface area contributed by atoms with Gasteiger partial charge in [0, 0.05) is 18.1 Å². The molecule has 0 aromatic heterocycles. The van der Waals surface area contributed by atoms with E-state index in [4.69, 9.17) is 27.9 Å². The van der Waals surface area contributed by atoms with Gasteiger partial charge in [0.15, 0.2) is 0 Å². The highest BCUT2D eigenvalue weighted by molar-refractivity contribution is 7.98. The molecule has 1 N–H and O–H groups in total. The molecule has 0 radical (unpaired) electrons. The van der Waals surface area contributed by atoms with Gasteiger partial charge < -0.3 is 10.1 Å². The molecule has 3 nitrogen and oxygen atoms in total. The molecule has 0 saturated heterocycles. The first-order valence-corrected chi connectivity index (χ1v) is 8.95. The van der Waals surface area contributed by atoms with Crippen molar-refractivity contribution in [2.45, 2.75) is 5.75 Å². The van der Waals surface area contributed by atoms with Gasteiger partial charge in [0.1, 0.15) is 5.75 Å². The van der Waals surface area contributed by atoms with Crippen molar-refractivity contribution in [2.75, 3.05) is 19.4 Å². The molecule has 0 aliphatic carbocycles. The van der Waals surface area contributed by atoms with Gasteiger partial charge in [-0.15, -0.1) is 0 Å². The Morgan fingerprint density at radius 1 is 1.17 bits per heavy atom. The molecule has 0 atom stereocenters. The van der Waals surface area contributed by atoms with Crippen molar-refractivity contribution in [1.29, 1.82) is 0 Å². The van der Waals surface area contributed by atoms with Gasteiger partial charge in [0.2, 0.25) is 0 Å². The van der Waals surface area contributed by atoms with Crippen molar-refractivity contribution in [3.63, 3.8) is 0 Å². The lowest BCUT2D eigenvalue weighted by atomic mass is 10.2. The molecule has 2 aromatic carbocycles. The van der Waals surface area contributed by atoms with Crippen LogP contribution in [0.2, 0.25) is 10.0 Å². The molecule has 0 aliphatic rings. The fourth-order valence-electron chi connectivity index (χ4n) is 1.98. The fourth-order valence-corrected chi connectivity index (χ4v) is 3.11. The summed E-state index contributed by atoms with van der Waals surface area (Å²) in [6.07, 6.45) is 0. The number of amides is 1. The van der Waals surface area contributed by atoms with Gasteiger partial charge in [-0.1, -0.05) is 41.4 Å². The summed E-state index contributed by atoms with van der Waals surface area (Å²) < 4.78 is 5.18. The number of para-hydroxylation sites is 1. The molecular weight excluding hydrogens is 353 g/mol. The van der Waals surface area contributed by atoms with E-state index in [2.05, 4.69) is 5.32 Å². The number of benzene rings is 2. The number of hydrogen-bond donors (Lipinski definition) is 1. The van der Waals surface area contributed by atoms with Crippen molar-refractivity contribution >= 4 is 40.9 Å². The minimum atomic E-state index is -0.127. The highest BCUT2D eigenvalue weighted by Crippen LogP contribution is 2.24. The van der Waals surface area contributed by atoms with Crippen LogP contribution in [0.4, 0.5) is 0 Å². The fraction of sp³-hybridized carbons (Fsp3) is 0.235. The second-order valence-electron chi connectivity index (χ2n) is 4.76. The molecule has 0 unspecified atom stereocenters. The molecule has 23 heavy (non-hydrogen) atoms. The maximum atomic E-state index is 12.1. The number of carbonyl (C=O) groups excluding carboxylic acids is 1. The average Bonchev–Trinajstić information content (AvgIpc) is 2.57. The van der Waals surface area contributed by atoms with E-state index >= 15 is 0 Å². The van der Waals surface area contributed by atoms with Crippen LogP contribution in [-0.4, -0.2) is 25.3 Å². The Morgan fingerprint density at radius 2 is 1.96 bits per heavy atom. The summed E-state index contributed by atoms with van der Waals surface area (Å²) >= 11 is 13.6. The van der Waals surface area contributed by atoms with Crippen LogP contribution in [0.15, 0.2) is 42.5 Å². The smallest absolute Gasteiger partial charge is 0.255 e. The second-order valence-corrected chi connectivity index (χ2v) is 6.68. The largest absolute Gasteiger partial charge is 0.496 e. The Bertz CT molecular complexity index is 679. The van der Waals surface area contributed by atoms with E-state index in [-0.39, 0.29) is 5.91 Å². The van der Waals surface area contributed by atoms with Crippen LogP contribution in [0.5, 0.6) is 5.75 Å². The summed E-state index contributed by atoms with van der Waals surface area (Å²) in [5, 5.41) is 4.02. The predicted molar refractivity (Wildman–Crippen MR) is 98.0 cm³/mol. The lowest BCUT2D eigenvalue weighted by Crippen LogP contribution is -2.26. The number of ether oxygens (including phenoxy) is 1. The van der Waals surface area contributed by atoms with Crippen LogP contribution < -0.4 is 10.1 Å². The van der Waals surface area contributed by atoms with E-state index in [0.717, 1.165) is 17.1 Å². The molecule has 0 bridgehead atoms. The van der Waals surface area contributed by atoms with Crippen molar-refractivity contribution in [3.05, 3.63) is 63.6 Å². The SMILES string of the molecule is COc1ccccc1C(=O)NCCSCc1ccc(Cl)c(Cl)c1. The Kier molecular flexibility index (Phi) is 7.09. The number of thioether (sulfide) groups is 1. The van der Waals surface area contributed by atoms with E-state index in [0.29, 0.717) is 27.9 Å². The molecule has 0 heterocycles. The summed E-state index contributed by atoms with van der Waals surface area (Å²) in [4.78, 5) is 12.1. The van der Waals surface area contributed by atoms with Crippen molar-refractivity contribution in [1.82, 2.24) is 5.32 Å². The lowest BCUT2D eigenvalue weighted by Gasteiger charge is -2.09. The third kappa shape index (κ3) is 5.34. The Hall–Kier alpha value is -1.36. The van der Waals surface area contributed by atoms with Crippen LogP contribution in [0.3, 0.4) is 0 Å². The van der Waals surface area contributed by atoms with Crippen molar-refractivity contribution < 1.29 is 9.53 Å². The summed E-state index contributed by atoms with van der Waals surface area (Å²) in [5.74, 6) is 2.08. The zero-order valence-electron chi connectivity index (χ0n) is 12.6. The molecule has 6 heteroatoms. The maximum Gasteiger partial charge on any atom is 0.255 e. The normalized spacial score (nSPS) is 10.4. The molecule has 1 amide bonds. The topological polar surface area (TPSA) is 38.3 Å². The summed E-state index contributed by atoms with van der Waals surface area (Å²) in [6, 6.07) is 12.8. The molecular formula is C17H17Cl2NO2S. The van der Waals surface area contributed by atoms with Crippen molar-refractivity contribution in [3.8, 4) is 5.75 Å². The van der Waals surface area contributed by atoms with Crippen LogP contribution in [-0.2, 0) is 5.75 Å². The number of carbonyl (C=O) groups is 1. The van der Waals surface area contributed by atoms with E-state index in [9.17, 15) is 4.79 Å². The summed E-state index contributed by atoms with van der Waals surface area (Å²) in [6.45, 7) is 0.586. The zero-order chi connectivity index (χ0) is 16.7. The highest BCUT2D eigenvalue weighted by Gasteiger charge is 2.10. The molecule has 0 fully saturated rings. The Balaban J connectivity index is 1.74. The van der Waals surface area contributed by atoms with Crippen LogP contribution in [0.25, 0.3) is 0 Å². The van der Waals surface area contributed by atoms with Gasteiger partial charge in [0.25, 0.3) is 5.91 Å². The van der Waals surface area contributed by atoms with E-state index in [1.165, 1.54) is 0 Å². The maximum absolute atomic E-state index is 12.1.